The summed E-state index contributed by atoms with van der Waals surface area (Å²) >= 11 is 0. The maximum atomic E-state index is 5.38. The molecule has 0 aliphatic rings. The second-order valence-corrected chi connectivity index (χ2v) is 3.46. The lowest BCUT2D eigenvalue weighted by molar-refractivity contribution is 0.115. The average Bonchev–Trinajstić information content (AvgIpc) is 2.51. The smallest absolute Gasteiger partial charge is 0.133 e. The molecule has 1 aromatic rings. The third kappa shape index (κ3) is 3.85. The van der Waals surface area contributed by atoms with Crippen molar-refractivity contribution in [1.29, 1.82) is 0 Å². The molecule has 0 atom stereocenters. The van der Waals surface area contributed by atoms with Gasteiger partial charge >= 0.3 is 0 Å². The van der Waals surface area contributed by atoms with Crippen LogP contribution in [-0.2, 0) is 11.3 Å². The molecule has 1 aromatic heterocycles. The van der Waals surface area contributed by atoms with Crippen LogP contribution in [0.2, 0.25) is 0 Å². The molecule has 0 unspecified atom stereocenters. The van der Waals surface area contributed by atoms with Crippen LogP contribution in [0.5, 0.6) is 0 Å². The lowest BCUT2D eigenvalue weighted by Gasteiger charge is -2.07. The fraction of sp³-hybridized carbons (Fsp3) is 0.778. The molecule has 0 spiro atoms. The van der Waals surface area contributed by atoms with Crippen LogP contribution in [0.4, 0.5) is 0 Å². The van der Waals surface area contributed by atoms with Gasteiger partial charge < -0.3 is 10.1 Å². The highest BCUT2D eigenvalue weighted by Gasteiger charge is 2.03. The molecule has 0 aromatic carbocycles. The Labute approximate surface area is 83.8 Å². The molecule has 0 amide bonds. The Hall–Kier alpha value is -0.940. The van der Waals surface area contributed by atoms with Crippen LogP contribution < -0.4 is 5.32 Å². The maximum absolute atomic E-state index is 5.38. The molecule has 5 heteroatoms. The highest BCUT2D eigenvalue weighted by atomic mass is 16.6. The van der Waals surface area contributed by atoms with Gasteiger partial charge in [0.2, 0.25) is 0 Å². The van der Waals surface area contributed by atoms with Gasteiger partial charge in [0.1, 0.15) is 11.4 Å². The predicted molar refractivity (Wildman–Crippen MR) is 51.8 cm³/mol. The van der Waals surface area contributed by atoms with Crippen LogP contribution in [0, 0.1) is 6.92 Å². The van der Waals surface area contributed by atoms with Crippen molar-refractivity contribution in [1.82, 2.24) is 15.6 Å². The lowest BCUT2D eigenvalue weighted by Crippen LogP contribution is -2.26. The van der Waals surface area contributed by atoms with Gasteiger partial charge in [-0.3, -0.25) is 0 Å². The van der Waals surface area contributed by atoms with Crippen molar-refractivity contribution in [3.63, 3.8) is 0 Å². The van der Waals surface area contributed by atoms with Crippen molar-refractivity contribution in [3.8, 4) is 0 Å². The highest BCUT2D eigenvalue weighted by Crippen LogP contribution is 2.01. The number of hydrogen-bond donors (Lipinski definition) is 1. The van der Waals surface area contributed by atoms with Gasteiger partial charge in [-0.1, -0.05) is 24.2 Å². The molecule has 14 heavy (non-hydrogen) atoms. The monoisotopic (exact) mass is 199 g/mol. The van der Waals surface area contributed by atoms with E-state index >= 15 is 0 Å². The Kier molecular flexibility index (Phi) is 4.55. The predicted octanol–water partition coefficient (Wildman–Crippen LogP) is 0.893. The second kappa shape index (κ2) is 5.72. The van der Waals surface area contributed by atoms with Crippen LogP contribution in [0.15, 0.2) is 4.63 Å². The first kappa shape index (κ1) is 11.1. The van der Waals surface area contributed by atoms with E-state index in [0.29, 0.717) is 19.3 Å². The van der Waals surface area contributed by atoms with Crippen LogP contribution in [0.1, 0.15) is 25.2 Å². The minimum absolute atomic E-state index is 0.467. The molecule has 0 bridgehead atoms. The summed E-state index contributed by atoms with van der Waals surface area (Å²) in [6.45, 7) is 8.04. The summed E-state index contributed by atoms with van der Waals surface area (Å²) in [7, 11) is 0. The van der Waals surface area contributed by atoms with Gasteiger partial charge in [0.05, 0.1) is 13.2 Å². The number of nitrogens with one attached hydrogen (secondary N) is 1. The van der Waals surface area contributed by atoms with Gasteiger partial charge in [-0.15, -0.1) is 0 Å². The van der Waals surface area contributed by atoms with Crippen molar-refractivity contribution in [2.45, 2.75) is 33.4 Å². The zero-order chi connectivity index (χ0) is 10.4. The average molecular weight is 199 g/mol. The summed E-state index contributed by atoms with van der Waals surface area (Å²) in [5.74, 6) is 0. The quantitative estimate of drug-likeness (QED) is 0.689. The molecule has 1 heterocycles. The van der Waals surface area contributed by atoms with Crippen LogP contribution in [0.25, 0.3) is 0 Å². The van der Waals surface area contributed by atoms with Crippen molar-refractivity contribution < 1.29 is 9.37 Å². The van der Waals surface area contributed by atoms with E-state index in [-0.39, 0.29) is 0 Å². The largest absolute Gasteiger partial charge is 0.374 e. The van der Waals surface area contributed by atoms with Crippen molar-refractivity contribution >= 4 is 0 Å². The van der Waals surface area contributed by atoms with Gasteiger partial charge in [0.15, 0.2) is 0 Å². The topological polar surface area (TPSA) is 60.2 Å². The zero-order valence-electron chi connectivity index (χ0n) is 8.91. The summed E-state index contributed by atoms with van der Waals surface area (Å²) in [4.78, 5) is 0. The first-order valence-corrected chi connectivity index (χ1v) is 4.79. The summed E-state index contributed by atoms with van der Waals surface area (Å²) in [6, 6.07) is 0.494. The number of nitrogens with zero attached hydrogens (tertiary/aromatic N) is 2. The molecule has 0 aliphatic heterocycles. The molecule has 1 N–H and O–H groups in total. The Bertz CT molecular complexity index is 260. The number of hydrogen-bond acceptors (Lipinski definition) is 5. The van der Waals surface area contributed by atoms with E-state index in [1.165, 1.54) is 0 Å². The molecule has 0 fully saturated rings. The molecule has 5 nitrogen and oxygen atoms in total. The third-order valence-electron chi connectivity index (χ3n) is 1.78. The fourth-order valence-electron chi connectivity index (χ4n) is 0.969. The van der Waals surface area contributed by atoms with E-state index in [0.717, 1.165) is 17.9 Å². The first-order chi connectivity index (χ1) is 6.70. The van der Waals surface area contributed by atoms with Crippen molar-refractivity contribution in [2.24, 2.45) is 0 Å². The van der Waals surface area contributed by atoms with E-state index in [1.54, 1.807) is 0 Å². The minimum atomic E-state index is 0.467. The summed E-state index contributed by atoms with van der Waals surface area (Å²) < 4.78 is 9.93. The Morgan fingerprint density at radius 3 is 2.79 bits per heavy atom. The van der Waals surface area contributed by atoms with Crippen LogP contribution in [-0.4, -0.2) is 29.5 Å². The Morgan fingerprint density at radius 1 is 1.43 bits per heavy atom. The molecule has 0 aliphatic carbocycles. The van der Waals surface area contributed by atoms with E-state index in [1.807, 2.05) is 6.92 Å². The SMILES string of the molecule is Cc1nonc1COCCNC(C)C. The van der Waals surface area contributed by atoms with Crippen molar-refractivity contribution in [3.05, 3.63) is 11.4 Å². The Morgan fingerprint density at radius 2 is 2.21 bits per heavy atom. The van der Waals surface area contributed by atoms with Crippen LogP contribution >= 0.6 is 0 Å². The molecule has 0 saturated carbocycles. The Balaban J connectivity index is 2.08. The van der Waals surface area contributed by atoms with Crippen molar-refractivity contribution in [2.75, 3.05) is 13.2 Å². The van der Waals surface area contributed by atoms with Gasteiger partial charge in [-0.2, -0.15) is 0 Å². The number of aromatic nitrogens is 2. The highest BCUT2D eigenvalue weighted by molar-refractivity contribution is 5.02. The van der Waals surface area contributed by atoms with Gasteiger partial charge in [-0.05, 0) is 6.92 Å². The standard InChI is InChI=1S/C9H17N3O2/c1-7(2)10-4-5-13-6-9-8(3)11-14-12-9/h7,10H,4-6H2,1-3H3. The van der Waals surface area contributed by atoms with Gasteiger partial charge in [0.25, 0.3) is 0 Å². The molecule has 1 rings (SSSR count). The minimum Gasteiger partial charge on any atom is -0.374 e. The second-order valence-electron chi connectivity index (χ2n) is 3.46. The summed E-state index contributed by atoms with van der Waals surface area (Å²) in [6.07, 6.45) is 0. The van der Waals surface area contributed by atoms with Crippen LogP contribution in [0.3, 0.4) is 0 Å². The first-order valence-electron chi connectivity index (χ1n) is 4.79. The number of aryl methyl sites for hydroxylation is 1. The summed E-state index contributed by atoms with van der Waals surface area (Å²) in [5, 5.41) is 10.6. The molecule has 0 saturated heterocycles. The molecule has 80 valence electrons. The van der Waals surface area contributed by atoms with E-state index < -0.39 is 0 Å². The number of rotatable bonds is 6. The maximum Gasteiger partial charge on any atom is 0.133 e. The molecular weight excluding hydrogens is 182 g/mol. The lowest BCUT2D eigenvalue weighted by atomic mass is 10.4. The summed E-state index contributed by atoms with van der Waals surface area (Å²) in [5.41, 5.74) is 1.57. The van der Waals surface area contributed by atoms with E-state index in [4.69, 9.17) is 4.74 Å². The normalized spacial score (nSPS) is 11.1. The van der Waals surface area contributed by atoms with E-state index in [9.17, 15) is 0 Å². The molecule has 0 radical (unpaired) electrons. The fourth-order valence-corrected chi connectivity index (χ4v) is 0.969. The number of ether oxygens (including phenoxy) is 1. The zero-order valence-corrected chi connectivity index (χ0v) is 8.91. The van der Waals surface area contributed by atoms with Gasteiger partial charge in [0, 0.05) is 12.6 Å². The third-order valence-corrected chi connectivity index (χ3v) is 1.78. The van der Waals surface area contributed by atoms with Gasteiger partial charge in [-0.25, -0.2) is 4.63 Å². The molecular formula is C9H17N3O2. The van der Waals surface area contributed by atoms with E-state index in [2.05, 4.69) is 34.1 Å².